The number of rotatable bonds is 0. The van der Waals surface area contributed by atoms with Gasteiger partial charge < -0.3 is 0 Å². The van der Waals surface area contributed by atoms with Crippen LogP contribution in [0, 0.1) is 0 Å². The molecule has 0 saturated heterocycles. The van der Waals surface area contributed by atoms with Gasteiger partial charge >= 0.3 is 0 Å². The van der Waals surface area contributed by atoms with Crippen molar-refractivity contribution in [2.24, 2.45) is 0 Å². The Labute approximate surface area is 96.4 Å². The Hall–Kier alpha value is -0.440. The Morgan fingerprint density at radius 1 is 1.40 bits per heavy atom. The maximum Gasteiger partial charge on any atom is 0.0681 e. The van der Waals surface area contributed by atoms with E-state index >= 15 is 0 Å². The Morgan fingerprint density at radius 2 is 2.07 bits per heavy atom. The summed E-state index contributed by atoms with van der Waals surface area (Å²) in [5, 5.41) is 4.72. The Morgan fingerprint density at radius 3 is 2.60 bits per heavy atom. The van der Waals surface area contributed by atoms with Crippen LogP contribution in [0.2, 0.25) is 0 Å². The number of aromatic nitrogens is 2. The predicted molar refractivity (Wildman–Crippen MR) is 66.4 cm³/mol. The van der Waals surface area contributed by atoms with Crippen molar-refractivity contribution in [1.82, 2.24) is 9.78 Å². The van der Waals surface area contributed by atoms with Crippen LogP contribution in [0.4, 0.5) is 0 Å². The standard InChI is InChI=1S/C12H20N2S/c1-11(2,3)9-8-10-12(4,5)15-7-6-14(10)13-9/h8H,6-7H2,1-5H3. The number of aryl methyl sites for hydroxylation is 1. The Kier molecular flexibility index (Phi) is 2.41. The van der Waals surface area contributed by atoms with Gasteiger partial charge in [0.2, 0.25) is 0 Å². The van der Waals surface area contributed by atoms with Crippen molar-refractivity contribution in [1.29, 1.82) is 0 Å². The first kappa shape index (κ1) is 11.1. The molecule has 0 aliphatic carbocycles. The molecule has 0 fully saturated rings. The van der Waals surface area contributed by atoms with Crippen molar-refractivity contribution >= 4 is 11.8 Å². The largest absolute Gasteiger partial charge is 0.267 e. The summed E-state index contributed by atoms with van der Waals surface area (Å²) in [6.07, 6.45) is 0. The summed E-state index contributed by atoms with van der Waals surface area (Å²) in [7, 11) is 0. The normalized spacial score (nSPS) is 20.1. The topological polar surface area (TPSA) is 17.8 Å². The van der Waals surface area contributed by atoms with Crippen LogP contribution < -0.4 is 0 Å². The van der Waals surface area contributed by atoms with Crippen molar-refractivity contribution in [3.05, 3.63) is 17.5 Å². The SMILES string of the molecule is CC(C)(C)c1cc2n(n1)CCSC2(C)C. The zero-order chi connectivity index (χ0) is 11.3. The molecule has 15 heavy (non-hydrogen) atoms. The predicted octanol–water partition coefficient (Wildman–Crippen LogP) is 3.16. The number of hydrogen-bond acceptors (Lipinski definition) is 2. The fourth-order valence-electron chi connectivity index (χ4n) is 1.90. The van der Waals surface area contributed by atoms with Gasteiger partial charge in [-0.05, 0) is 19.9 Å². The van der Waals surface area contributed by atoms with Crippen LogP contribution in [0.3, 0.4) is 0 Å². The summed E-state index contributed by atoms with van der Waals surface area (Å²) in [6, 6.07) is 2.28. The van der Waals surface area contributed by atoms with Crippen LogP contribution in [0.15, 0.2) is 6.07 Å². The van der Waals surface area contributed by atoms with Gasteiger partial charge in [-0.2, -0.15) is 5.10 Å². The van der Waals surface area contributed by atoms with Gasteiger partial charge in [0.05, 0.1) is 22.7 Å². The van der Waals surface area contributed by atoms with Crippen LogP contribution in [0.5, 0.6) is 0 Å². The molecule has 0 aromatic carbocycles. The minimum atomic E-state index is 0.158. The summed E-state index contributed by atoms with van der Waals surface area (Å²) >= 11 is 2.03. The molecule has 0 bridgehead atoms. The molecule has 0 unspecified atom stereocenters. The van der Waals surface area contributed by atoms with E-state index in [1.807, 2.05) is 11.8 Å². The number of fused-ring (bicyclic) bond motifs is 1. The minimum absolute atomic E-state index is 0.158. The summed E-state index contributed by atoms with van der Waals surface area (Å²) in [4.78, 5) is 0. The van der Waals surface area contributed by atoms with Crippen LogP contribution in [0.25, 0.3) is 0 Å². The monoisotopic (exact) mass is 224 g/mol. The van der Waals surface area contributed by atoms with Crippen LogP contribution >= 0.6 is 11.8 Å². The third-order valence-electron chi connectivity index (χ3n) is 2.93. The zero-order valence-corrected chi connectivity index (χ0v) is 11.1. The van der Waals surface area contributed by atoms with Gasteiger partial charge in [0, 0.05) is 11.2 Å². The number of thioether (sulfide) groups is 1. The maximum absolute atomic E-state index is 4.72. The lowest BCUT2D eigenvalue weighted by atomic mass is 9.91. The molecule has 0 amide bonds. The first-order valence-electron chi connectivity index (χ1n) is 5.53. The second kappa shape index (κ2) is 3.27. The maximum atomic E-state index is 4.72. The third-order valence-corrected chi connectivity index (χ3v) is 4.25. The molecule has 2 nitrogen and oxygen atoms in total. The third kappa shape index (κ3) is 1.94. The molecule has 0 atom stereocenters. The number of hydrogen-bond donors (Lipinski definition) is 0. The lowest BCUT2D eigenvalue weighted by molar-refractivity contribution is 0.521. The molecule has 0 N–H and O–H groups in total. The van der Waals surface area contributed by atoms with Gasteiger partial charge in [0.25, 0.3) is 0 Å². The van der Waals surface area contributed by atoms with Gasteiger partial charge in [0.15, 0.2) is 0 Å². The molecule has 1 aromatic rings. The fraction of sp³-hybridized carbons (Fsp3) is 0.750. The van der Waals surface area contributed by atoms with Crippen molar-refractivity contribution in [2.75, 3.05) is 5.75 Å². The second-order valence-electron chi connectivity index (χ2n) is 5.75. The lowest BCUT2D eigenvalue weighted by Gasteiger charge is -2.29. The van der Waals surface area contributed by atoms with Crippen molar-refractivity contribution in [3.63, 3.8) is 0 Å². The van der Waals surface area contributed by atoms with Gasteiger partial charge in [0.1, 0.15) is 0 Å². The zero-order valence-electron chi connectivity index (χ0n) is 10.3. The van der Waals surface area contributed by atoms with E-state index in [1.165, 1.54) is 17.1 Å². The highest BCUT2D eigenvalue weighted by Gasteiger charge is 2.31. The fourth-order valence-corrected chi connectivity index (χ4v) is 2.99. The molecular formula is C12H20N2S. The quantitative estimate of drug-likeness (QED) is 0.673. The van der Waals surface area contributed by atoms with Gasteiger partial charge in [-0.1, -0.05) is 20.8 Å². The van der Waals surface area contributed by atoms with Crippen LogP contribution in [0.1, 0.15) is 46.0 Å². The molecule has 0 saturated carbocycles. The van der Waals surface area contributed by atoms with E-state index in [9.17, 15) is 0 Å². The molecule has 1 aliphatic heterocycles. The van der Waals surface area contributed by atoms with Crippen molar-refractivity contribution < 1.29 is 0 Å². The van der Waals surface area contributed by atoms with Crippen molar-refractivity contribution in [3.8, 4) is 0 Å². The number of nitrogens with zero attached hydrogens (tertiary/aromatic N) is 2. The van der Waals surface area contributed by atoms with Gasteiger partial charge in [-0.15, -0.1) is 11.8 Å². The molecule has 2 rings (SSSR count). The molecule has 0 radical (unpaired) electrons. The summed E-state index contributed by atoms with van der Waals surface area (Å²) in [5.74, 6) is 1.17. The molecular weight excluding hydrogens is 204 g/mol. The van der Waals surface area contributed by atoms with Gasteiger partial charge in [-0.25, -0.2) is 0 Å². The molecule has 0 spiro atoms. The van der Waals surface area contributed by atoms with E-state index in [0.717, 1.165) is 6.54 Å². The summed E-state index contributed by atoms with van der Waals surface area (Å²) < 4.78 is 2.41. The highest BCUT2D eigenvalue weighted by molar-refractivity contribution is 8.00. The van der Waals surface area contributed by atoms with E-state index in [2.05, 4.69) is 45.4 Å². The lowest BCUT2D eigenvalue weighted by Crippen LogP contribution is -2.25. The van der Waals surface area contributed by atoms with Crippen molar-refractivity contribution in [2.45, 2.75) is 51.3 Å². The molecule has 84 valence electrons. The smallest absolute Gasteiger partial charge is 0.0681 e. The highest BCUT2D eigenvalue weighted by atomic mass is 32.2. The van der Waals surface area contributed by atoms with E-state index in [4.69, 9.17) is 5.10 Å². The van der Waals surface area contributed by atoms with E-state index in [1.54, 1.807) is 0 Å². The Balaban J connectivity index is 2.47. The average Bonchev–Trinajstić information content (AvgIpc) is 2.47. The highest BCUT2D eigenvalue weighted by Crippen LogP contribution is 2.40. The second-order valence-corrected chi connectivity index (χ2v) is 7.46. The van der Waals surface area contributed by atoms with E-state index in [-0.39, 0.29) is 10.2 Å². The van der Waals surface area contributed by atoms with Gasteiger partial charge in [-0.3, -0.25) is 4.68 Å². The Bertz CT molecular complexity index is 371. The first-order valence-corrected chi connectivity index (χ1v) is 6.52. The molecule has 1 aliphatic rings. The molecule has 3 heteroatoms. The van der Waals surface area contributed by atoms with Crippen LogP contribution in [-0.2, 0) is 16.7 Å². The first-order chi connectivity index (χ1) is 6.81. The van der Waals surface area contributed by atoms with Crippen LogP contribution in [-0.4, -0.2) is 15.5 Å². The summed E-state index contributed by atoms with van der Waals surface area (Å²) in [6.45, 7) is 12.3. The summed E-state index contributed by atoms with van der Waals surface area (Å²) in [5.41, 5.74) is 2.75. The average molecular weight is 224 g/mol. The van der Waals surface area contributed by atoms with E-state index < -0.39 is 0 Å². The molecule has 1 aromatic heterocycles. The molecule has 2 heterocycles. The minimum Gasteiger partial charge on any atom is -0.267 e. The van der Waals surface area contributed by atoms with E-state index in [0.29, 0.717) is 0 Å².